The Morgan fingerprint density at radius 3 is 2.56 bits per heavy atom. The van der Waals surface area contributed by atoms with Gasteiger partial charge < -0.3 is 0 Å². The number of nitrogens with zero attached hydrogens (tertiary/aromatic N) is 2. The molecule has 0 amide bonds. The highest BCUT2D eigenvalue weighted by Gasteiger charge is 2.31. The number of hydrogen-bond donors (Lipinski definition) is 0. The average Bonchev–Trinajstić information content (AvgIpc) is 3.12. The van der Waals surface area contributed by atoms with Crippen LogP contribution in [-0.2, 0) is 0 Å². The highest BCUT2D eigenvalue weighted by atomic mass is 32.1. The van der Waals surface area contributed by atoms with E-state index in [-0.39, 0.29) is 5.78 Å². The minimum absolute atomic E-state index is 0.285. The predicted octanol–water partition coefficient (Wildman–Crippen LogP) is 2.02. The molecule has 1 aliphatic carbocycles. The van der Waals surface area contributed by atoms with Gasteiger partial charge in [0, 0.05) is 37.1 Å². The molecule has 1 aromatic rings. The van der Waals surface area contributed by atoms with Crippen LogP contribution in [0.25, 0.3) is 0 Å². The first kappa shape index (κ1) is 12.3. The number of carbonyl (C=O) groups is 1. The molecule has 0 radical (unpaired) electrons. The van der Waals surface area contributed by atoms with Crippen LogP contribution >= 0.6 is 11.3 Å². The first-order valence-electron chi connectivity index (χ1n) is 6.78. The topological polar surface area (TPSA) is 23.6 Å². The Balaban J connectivity index is 1.50. The van der Waals surface area contributed by atoms with Gasteiger partial charge in [0.15, 0.2) is 5.78 Å². The number of thiophene rings is 1. The number of hydrogen-bond acceptors (Lipinski definition) is 4. The lowest BCUT2D eigenvalue weighted by Crippen LogP contribution is -2.48. The standard InChI is InChI=1S/C14H20N2OS/c1-11-2-5-14(18-11)13(17)10-15-6-8-16(9-7-15)12-3-4-12/h2,5,12H,3-4,6-10H2,1H3. The van der Waals surface area contributed by atoms with Crippen LogP contribution < -0.4 is 0 Å². The number of Topliss-reactive ketones (excluding diaryl/α,β-unsaturated/α-hetero) is 1. The summed E-state index contributed by atoms with van der Waals surface area (Å²) in [5.74, 6) is 0.285. The van der Waals surface area contributed by atoms with E-state index in [1.807, 2.05) is 12.1 Å². The molecule has 0 atom stereocenters. The minimum Gasteiger partial charge on any atom is -0.298 e. The fourth-order valence-corrected chi connectivity index (χ4v) is 3.39. The van der Waals surface area contributed by atoms with Crippen molar-refractivity contribution in [1.29, 1.82) is 0 Å². The van der Waals surface area contributed by atoms with Gasteiger partial charge in [-0.2, -0.15) is 0 Å². The van der Waals surface area contributed by atoms with E-state index in [4.69, 9.17) is 0 Å². The summed E-state index contributed by atoms with van der Waals surface area (Å²) in [6, 6.07) is 4.86. The fraction of sp³-hybridized carbons (Fsp3) is 0.643. The van der Waals surface area contributed by atoms with Gasteiger partial charge in [0.1, 0.15) is 0 Å². The number of carbonyl (C=O) groups excluding carboxylic acids is 1. The molecule has 0 bridgehead atoms. The Hall–Kier alpha value is -0.710. The predicted molar refractivity (Wildman–Crippen MR) is 74.4 cm³/mol. The van der Waals surface area contributed by atoms with Gasteiger partial charge >= 0.3 is 0 Å². The largest absolute Gasteiger partial charge is 0.298 e. The minimum atomic E-state index is 0.285. The van der Waals surface area contributed by atoms with E-state index in [1.165, 1.54) is 17.7 Å². The van der Waals surface area contributed by atoms with E-state index in [1.54, 1.807) is 11.3 Å². The summed E-state index contributed by atoms with van der Waals surface area (Å²) >= 11 is 1.61. The molecular weight excluding hydrogens is 244 g/mol. The molecule has 0 aromatic carbocycles. The molecule has 0 N–H and O–H groups in total. The van der Waals surface area contributed by atoms with Crippen LogP contribution in [0.2, 0.25) is 0 Å². The van der Waals surface area contributed by atoms with E-state index >= 15 is 0 Å². The van der Waals surface area contributed by atoms with Crippen LogP contribution in [0.15, 0.2) is 12.1 Å². The van der Waals surface area contributed by atoms with E-state index in [9.17, 15) is 4.79 Å². The van der Waals surface area contributed by atoms with E-state index in [2.05, 4.69) is 16.7 Å². The van der Waals surface area contributed by atoms with Crippen molar-refractivity contribution < 1.29 is 4.79 Å². The van der Waals surface area contributed by atoms with Gasteiger partial charge in [-0.15, -0.1) is 11.3 Å². The summed E-state index contributed by atoms with van der Waals surface area (Å²) < 4.78 is 0. The molecule has 3 nitrogen and oxygen atoms in total. The van der Waals surface area contributed by atoms with Crippen molar-refractivity contribution in [2.24, 2.45) is 0 Å². The van der Waals surface area contributed by atoms with Crippen LogP contribution in [0.1, 0.15) is 27.4 Å². The molecule has 1 saturated heterocycles. The normalized spacial score (nSPS) is 22.3. The van der Waals surface area contributed by atoms with E-state index in [0.717, 1.165) is 37.1 Å². The lowest BCUT2D eigenvalue weighted by molar-refractivity contribution is 0.0847. The molecule has 1 saturated carbocycles. The molecule has 0 spiro atoms. The van der Waals surface area contributed by atoms with Crippen molar-refractivity contribution in [3.05, 3.63) is 21.9 Å². The van der Waals surface area contributed by atoms with Crippen molar-refractivity contribution in [2.45, 2.75) is 25.8 Å². The number of aryl methyl sites for hydroxylation is 1. The summed E-state index contributed by atoms with van der Waals surface area (Å²) in [5.41, 5.74) is 0. The highest BCUT2D eigenvalue weighted by molar-refractivity contribution is 7.14. The Labute approximate surface area is 112 Å². The van der Waals surface area contributed by atoms with Gasteiger partial charge in [-0.1, -0.05) is 0 Å². The molecule has 1 aromatic heterocycles. The number of piperazine rings is 1. The number of rotatable bonds is 4. The maximum Gasteiger partial charge on any atom is 0.186 e. The molecule has 98 valence electrons. The third-order valence-electron chi connectivity index (χ3n) is 3.85. The summed E-state index contributed by atoms with van der Waals surface area (Å²) in [5, 5.41) is 0. The van der Waals surface area contributed by atoms with E-state index in [0.29, 0.717) is 6.54 Å². The lowest BCUT2D eigenvalue weighted by atomic mass is 10.2. The van der Waals surface area contributed by atoms with Gasteiger partial charge in [-0.05, 0) is 31.9 Å². The molecule has 18 heavy (non-hydrogen) atoms. The third kappa shape index (κ3) is 2.82. The second-order valence-electron chi connectivity index (χ2n) is 5.38. The van der Waals surface area contributed by atoms with Crippen molar-refractivity contribution in [1.82, 2.24) is 9.80 Å². The maximum absolute atomic E-state index is 12.1. The zero-order chi connectivity index (χ0) is 12.5. The van der Waals surface area contributed by atoms with Crippen LogP contribution in [0.4, 0.5) is 0 Å². The summed E-state index contributed by atoms with van der Waals surface area (Å²) in [6.07, 6.45) is 2.76. The van der Waals surface area contributed by atoms with Gasteiger partial charge in [0.2, 0.25) is 0 Å². The number of ketones is 1. The first-order chi connectivity index (χ1) is 8.72. The van der Waals surface area contributed by atoms with Crippen molar-refractivity contribution >= 4 is 17.1 Å². The first-order valence-corrected chi connectivity index (χ1v) is 7.60. The summed E-state index contributed by atoms with van der Waals surface area (Å²) in [4.78, 5) is 19.1. The van der Waals surface area contributed by atoms with Gasteiger partial charge in [-0.3, -0.25) is 14.6 Å². The fourth-order valence-electron chi connectivity index (χ4n) is 2.59. The van der Waals surface area contributed by atoms with Crippen LogP contribution in [0, 0.1) is 6.92 Å². The molecule has 2 heterocycles. The van der Waals surface area contributed by atoms with Gasteiger partial charge in [0.25, 0.3) is 0 Å². The molecule has 0 unspecified atom stereocenters. The maximum atomic E-state index is 12.1. The SMILES string of the molecule is Cc1ccc(C(=O)CN2CCN(C3CC3)CC2)s1. The Kier molecular flexibility index (Phi) is 3.50. The van der Waals surface area contributed by atoms with Crippen molar-refractivity contribution in [3.8, 4) is 0 Å². The van der Waals surface area contributed by atoms with Crippen molar-refractivity contribution in [2.75, 3.05) is 32.7 Å². The lowest BCUT2D eigenvalue weighted by Gasteiger charge is -2.34. The summed E-state index contributed by atoms with van der Waals surface area (Å²) in [7, 11) is 0. The van der Waals surface area contributed by atoms with Crippen LogP contribution in [0.3, 0.4) is 0 Å². The Morgan fingerprint density at radius 1 is 1.28 bits per heavy atom. The quantitative estimate of drug-likeness (QED) is 0.777. The second kappa shape index (κ2) is 5.11. The Morgan fingerprint density at radius 2 is 2.00 bits per heavy atom. The third-order valence-corrected chi connectivity index (χ3v) is 4.89. The molecule has 2 aliphatic rings. The zero-order valence-electron chi connectivity index (χ0n) is 10.9. The Bertz CT molecular complexity index is 431. The molecule has 1 aliphatic heterocycles. The molecule has 4 heteroatoms. The van der Waals surface area contributed by atoms with Crippen LogP contribution in [-0.4, -0.2) is 54.3 Å². The monoisotopic (exact) mass is 264 g/mol. The van der Waals surface area contributed by atoms with Gasteiger partial charge in [-0.25, -0.2) is 0 Å². The van der Waals surface area contributed by atoms with Gasteiger partial charge in [0.05, 0.1) is 11.4 Å². The molecular formula is C14H20N2OS. The van der Waals surface area contributed by atoms with Crippen molar-refractivity contribution in [3.63, 3.8) is 0 Å². The average molecular weight is 264 g/mol. The van der Waals surface area contributed by atoms with Crippen LogP contribution in [0.5, 0.6) is 0 Å². The van der Waals surface area contributed by atoms with E-state index < -0.39 is 0 Å². The summed E-state index contributed by atoms with van der Waals surface area (Å²) in [6.45, 7) is 7.02. The second-order valence-corrected chi connectivity index (χ2v) is 6.66. The molecule has 2 fully saturated rings. The highest BCUT2D eigenvalue weighted by Crippen LogP contribution is 2.27. The molecule has 3 rings (SSSR count). The zero-order valence-corrected chi connectivity index (χ0v) is 11.7. The smallest absolute Gasteiger partial charge is 0.186 e.